The maximum absolute atomic E-state index is 9.25. The fourth-order valence-corrected chi connectivity index (χ4v) is 0. The summed E-state index contributed by atoms with van der Waals surface area (Å²) >= 11 is 0. The smallest absolute Gasteiger partial charge is 0.327 e. The van der Waals surface area contributed by atoms with Crippen molar-refractivity contribution < 1.29 is 29.7 Å². The Bertz CT molecular complexity index is 277. The molecule has 0 rings (SSSR count). The molecule has 0 aromatic carbocycles. The second kappa shape index (κ2) is 49.5. The van der Waals surface area contributed by atoms with Crippen molar-refractivity contribution in [1.29, 1.82) is 0 Å². The maximum atomic E-state index is 9.25. The van der Waals surface area contributed by atoms with Gasteiger partial charge in [-0.25, -0.2) is 14.4 Å². The van der Waals surface area contributed by atoms with Crippen molar-refractivity contribution in [3.8, 4) is 0 Å². The van der Waals surface area contributed by atoms with Gasteiger partial charge in [-0.15, -0.1) is 0 Å². The molecule has 0 radical (unpaired) electrons. The lowest BCUT2D eigenvalue weighted by Crippen LogP contribution is -1.82. The first kappa shape index (κ1) is 39.6. The molecule has 3 N–H and O–H groups in total. The van der Waals surface area contributed by atoms with Crippen LogP contribution in [0.4, 0.5) is 0 Å². The first-order chi connectivity index (χ1) is 12.6. The Kier molecular flexibility index (Phi) is 72.7. The lowest BCUT2D eigenvalue weighted by molar-refractivity contribution is -0.132. The zero-order valence-corrected chi connectivity index (χ0v) is 18.2. The van der Waals surface area contributed by atoms with Gasteiger partial charge < -0.3 is 15.3 Å². The summed E-state index contributed by atoms with van der Waals surface area (Å²) in [7, 11) is 0. The Morgan fingerprint density at radius 1 is 0.519 bits per heavy atom. The lowest BCUT2D eigenvalue weighted by atomic mass is 10.4. The van der Waals surface area contributed by atoms with E-state index >= 15 is 0 Å². The third-order valence-electron chi connectivity index (χ3n) is 2.02. The summed E-state index contributed by atoms with van der Waals surface area (Å²) in [4.78, 5) is 27.8. The summed E-state index contributed by atoms with van der Waals surface area (Å²) in [6.07, 6.45) is 10.4. The number of aliphatic carboxylic acids is 3. The van der Waals surface area contributed by atoms with Gasteiger partial charge in [-0.05, 0) is 0 Å². The normalized spacial score (nSPS) is 6.89. The summed E-state index contributed by atoms with van der Waals surface area (Å²) in [5, 5.41) is 22.8. The molecule has 0 amide bonds. The van der Waals surface area contributed by atoms with Gasteiger partial charge in [-0.2, -0.15) is 0 Å². The highest BCUT2D eigenvalue weighted by molar-refractivity contribution is 5.79. The molecule has 27 heavy (non-hydrogen) atoms. The largest absolute Gasteiger partial charge is 0.478 e. The van der Waals surface area contributed by atoms with E-state index in [1.807, 2.05) is 0 Å². The van der Waals surface area contributed by atoms with E-state index in [4.69, 9.17) is 15.3 Å². The number of carbonyl (C=O) groups is 3. The fraction of sp³-hybridized carbons (Fsp3) is 0.571. The Labute approximate surface area is 166 Å². The number of hydrogen-bond donors (Lipinski definition) is 3. The average Bonchev–Trinajstić information content (AvgIpc) is 2.69. The fourth-order valence-electron chi connectivity index (χ4n) is 0. The molecule has 0 saturated heterocycles. The summed E-state index contributed by atoms with van der Waals surface area (Å²) < 4.78 is 0. The standard InChI is InChI=1S/3C4H10.3C3H4O2/c3*1-3-4-2;3*1-2-3(4)5/h3*3-4H2,1-2H3;3*2H,1H2,(H,4,5). The van der Waals surface area contributed by atoms with Gasteiger partial charge >= 0.3 is 17.9 Å². The van der Waals surface area contributed by atoms with Crippen LogP contribution in [0.3, 0.4) is 0 Å². The molecular weight excluding hydrogens is 348 g/mol. The van der Waals surface area contributed by atoms with E-state index < -0.39 is 17.9 Å². The van der Waals surface area contributed by atoms with E-state index in [0.717, 1.165) is 18.2 Å². The molecule has 162 valence electrons. The highest BCUT2D eigenvalue weighted by atomic mass is 16.4. The van der Waals surface area contributed by atoms with Gasteiger partial charge in [0.25, 0.3) is 0 Å². The van der Waals surface area contributed by atoms with Crippen molar-refractivity contribution in [3.63, 3.8) is 0 Å². The van der Waals surface area contributed by atoms with E-state index in [-0.39, 0.29) is 0 Å². The number of hydrogen-bond acceptors (Lipinski definition) is 3. The molecule has 0 saturated carbocycles. The van der Waals surface area contributed by atoms with E-state index in [1.165, 1.54) is 38.5 Å². The second-order valence-electron chi connectivity index (χ2n) is 4.63. The van der Waals surface area contributed by atoms with Crippen LogP contribution in [0.25, 0.3) is 0 Å². The van der Waals surface area contributed by atoms with Gasteiger partial charge in [-0.1, -0.05) is 99.8 Å². The predicted molar refractivity (Wildman–Crippen MR) is 115 cm³/mol. The van der Waals surface area contributed by atoms with Gasteiger partial charge in [0.1, 0.15) is 0 Å². The van der Waals surface area contributed by atoms with Crippen LogP contribution in [0.5, 0.6) is 0 Å². The first-order valence-electron chi connectivity index (χ1n) is 9.12. The lowest BCUT2D eigenvalue weighted by Gasteiger charge is -1.68. The van der Waals surface area contributed by atoms with E-state index in [2.05, 4.69) is 61.3 Å². The Morgan fingerprint density at radius 3 is 0.593 bits per heavy atom. The third kappa shape index (κ3) is 252. The topological polar surface area (TPSA) is 112 Å². The molecule has 0 heterocycles. The minimum absolute atomic E-state index is 0.833. The summed E-state index contributed by atoms with van der Waals surface area (Å²) in [5.41, 5.74) is 0. The average molecular weight is 391 g/mol. The predicted octanol–water partition coefficient (Wildman–Crippen LogP) is 6.19. The van der Waals surface area contributed by atoms with Crippen LogP contribution >= 0.6 is 0 Å². The van der Waals surface area contributed by atoms with Crippen LogP contribution in [-0.4, -0.2) is 33.2 Å². The molecular formula is C21H42O6. The van der Waals surface area contributed by atoms with Crippen LogP contribution in [0.1, 0.15) is 80.1 Å². The minimum Gasteiger partial charge on any atom is -0.478 e. The molecule has 0 aliphatic carbocycles. The van der Waals surface area contributed by atoms with Gasteiger partial charge in [0, 0.05) is 18.2 Å². The SMILES string of the molecule is C=CC(=O)O.C=CC(=O)O.C=CC(=O)O.CCCC.CCCC.CCCC. The van der Waals surface area contributed by atoms with E-state index in [9.17, 15) is 14.4 Å². The third-order valence-corrected chi connectivity index (χ3v) is 2.02. The molecule has 6 heteroatoms. The zero-order valence-electron chi connectivity index (χ0n) is 18.2. The van der Waals surface area contributed by atoms with Crippen molar-refractivity contribution in [2.24, 2.45) is 0 Å². The van der Waals surface area contributed by atoms with Gasteiger partial charge in [0.2, 0.25) is 0 Å². The molecule has 0 unspecified atom stereocenters. The number of unbranched alkanes of at least 4 members (excludes halogenated alkanes) is 3. The molecule has 0 aliphatic rings. The molecule has 0 aromatic rings. The molecule has 0 atom stereocenters. The van der Waals surface area contributed by atoms with Crippen molar-refractivity contribution in [3.05, 3.63) is 38.0 Å². The Morgan fingerprint density at radius 2 is 0.593 bits per heavy atom. The summed E-state index contributed by atoms with van der Waals surface area (Å²) in [6, 6.07) is 0. The van der Waals surface area contributed by atoms with Gasteiger partial charge in [0.15, 0.2) is 0 Å². The van der Waals surface area contributed by atoms with Crippen LogP contribution < -0.4 is 0 Å². The molecule has 0 aromatic heterocycles. The van der Waals surface area contributed by atoms with Gasteiger partial charge in [-0.3, -0.25) is 0 Å². The Hall–Kier alpha value is -2.37. The van der Waals surface area contributed by atoms with Crippen molar-refractivity contribution in [2.45, 2.75) is 80.1 Å². The molecule has 0 aliphatic heterocycles. The van der Waals surface area contributed by atoms with E-state index in [1.54, 1.807) is 0 Å². The van der Waals surface area contributed by atoms with E-state index in [0.29, 0.717) is 0 Å². The molecule has 0 fully saturated rings. The highest BCUT2D eigenvalue weighted by Gasteiger charge is 1.74. The zero-order chi connectivity index (χ0) is 23.1. The van der Waals surface area contributed by atoms with Crippen LogP contribution in [0.15, 0.2) is 38.0 Å². The molecule has 0 bridgehead atoms. The van der Waals surface area contributed by atoms with Crippen molar-refractivity contribution in [2.75, 3.05) is 0 Å². The maximum Gasteiger partial charge on any atom is 0.327 e. The van der Waals surface area contributed by atoms with Crippen molar-refractivity contribution >= 4 is 17.9 Å². The van der Waals surface area contributed by atoms with Crippen LogP contribution in [0, 0.1) is 0 Å². The minimum atomic E-state index is -0.981. The highest BCUT2D eigenvalue weighted by Crippen LogP contribution is 1.77. The monoisotopic (exact) mass is 390 g/mol. The summed E-state index contributed by atoms with van der Waals surface area (Å²) in [6.45, 7) is 22.0. The number of carboxylic acids is 3. The van der Waals surface area contributed by atoms with Gasteiger partial charge in [0.05, 0.1) is 0 Å². The first-order valence-corrected chi connectivity index (χ1v) is 9.12. The van der Waals surface area contributed by atoms with Crippen LogP contribution in [0.2, 0.25) is 0 Å². The summed E-state index contributed by atoms with van der Waals surface area (Å²) in [5.74, 6) is -2.94. The van der Waals surface area contributed by atoms with Crippen molar-refractivity contribution in [1.82, 2.24) is 0 Å². The second-order valence-corrected chi connectivity index (χ2v) is 4.63. The number of carboxylic acid groups (broad SMARTS) is 3. The quantitative estimate of drug-likeness (QED) is 0.466. The Balaban J connectivity index is -0.0000000492. The molecule has 0 spiro atoms. The van der Waals surface area contributed by atoms with Crippen LogP contribution in [-0.2, 0) is 14.4 Å². The number of rotatable bonds is 6. The molecule has 6 nitrogen and oxygen atoms in total.